The number of amides is 1. The molecule has 1 aromatic rings. The van der Waals surface area contributed by atoms with Crippen molar-refractivity contribution < 1.29 is 9.53 Å². The van der Waals surface area contributed by atoms with Crippen molar-refractivity contribution in [3.8, 4) is 5.75 Å². The summed E-state index contributed by atoms with van der Waals surface area (Å²) in [5, 5.41) is 3.34. The Labute approximate surface area is 144 Å². The van der Waals surface area contributed by atoms with Crippen LogP contribution in [0.15, 0.2) is 24.3 Å². The number of carbonyl (C=O) groups is 1. The molecular weight excluding hydrogens is 308 g/mol. The molecule has 23 heavy (non-hydrogen) atoms. The third kappa shape index (κ3) is 5.20. The first-order chi connectivity index (χ1) is 11.1. The van der Waals surface area contributed by atoms with Crippen LogP contribution in [0.1, 0.15) is 55.8 Å². The number of rotatable bonds is 5. The van der Waals surface area contributed by atoms with E-state index >= 15 is 0 Å². The molecule has 0 saturated heterocycles. The second kappa shape index (κ2) is 8.87. The molecule has 0 unspecified atom stereocenters. The van der Waals surface area contributed by atoms with Gasteiger partial charge in [0.2, 0.25) is 0 Å². The minimum absolute atomic E-state index is 0.181. The number of ether oxygens (including phenoxy) is 1. The zero-order valence-electron chi connectivity index (χ0n) is 14.0. The summed E-state index contributed by atoms with van der Waals surface area (Å²) in [5.41, 5.74) is 0.568. The van der Waals surface area contributed by atoms with Crippen LogP contribution in [0.25, 0.3) is 0 Å². The predicted octanol–water partition coefficient (Wildman–Crippen LogP) is 3.75. The zero-order valence-corrected chi connectivity index (χ0v) is 14.8. The maximum atomic E-state index is 12.4. The third-order valence-electron chi connectivity index (χ3n) is 4.23. The number of carbonyl (C=O) groups excluding carboxylic acids is 1. The Morgan fingerprint density at radius 3 is 2.78 bits per heavy atom. The van der Waals surface area contributed by atoms with Crippen LogP contribution in [0, 0.1) is 0 Å². The molecule has 1 amide bonds. The first-order valence-electron chi connectivity index (χ1n) is 8.43. The molecule has 1 aliphatic carbocycles. The smallest absolute Gasteiger partial charge is 0.257 e. The van der Waals surface area contributed by atoms with E-state index in [0.29, 0.717) is 29.1 Å². The van der Waals surface area contributed by atoms with Crippen molar-refractivity contribution >= 4 is 23.2 Å². The van der Waals surface area contributed by atoms with Gasteiger partial charge in [-0.15, -0.1) is 0 Å². The molecule has 5 heteroatoms. The van der Waals surface area contributed by atoms with E-state index in [1.807, 2.05) is 24.1 Å². The predicted molar refractivity (Wildman–Crippen MR) is 96.9 cm³/mol. The van der Waals surface area contributed by atoms with Crippen molar-refractivity contribution in [1.82, 2.24) is 10.2 Å². The monoisotopic (exact) mass is 334 g/mol. The highest BCUT2D eigenvalue weighted by molar-refractivity contribution is 7.80. The molecule has 0 radical (unpaired) electrons. The highest BCUT2D eigenvalue weighted by Crippen LogP contribution is 2.21. The summed E-state index contributed by atoms with van der Waals surface area (Å²) >= 11 is 5.40. The van der Waals surface area contributed by atoms with Crippen molar-refractivity contribution in [2.75, 3.05) is 13.7 Å². The molecule has 0 aliphatic heterocycles. The van der Waals surface area contributed by atoms with Crippen LogP contribution in [0.4, 0.5) is 0 Å². The maximum absolute atomic E-state index is 12.4. The lowest BCUT2D eigenvalue weighted by Crippen LogP contribution is -2.46. The van der Waals surface area contributed by atoms with Gasteiger partial charge in [-0.2, -0.15) is 0 Å². The van der Waals surface area contributed by atoms with Gasteiger partial charge in [0.15, 0.2) is 5.11 Å². The quantitative estimate of drug-likeness (QED) is 0.833. The van der Waals surface area contributed by atoms with Crippen LogP contribution in [0.2, 0.25) is 0 Å². The van der Waals surface area contributed by atoms with Crippen molar-refractivity contribution in [3.05, 3.63) is 29.8 Å². The highest BCUT2D eigenvalue weighted by Gasteiger charge is 2.21. The van der Waals surface area contributed by atoms with Crippen LogP contribution in [-0.2, 0) is 0 Å². The minimum Gasteiger partial charge on any atom is -0.494 e. The molecule has 0 bridgehead atoms. The third-order valence-corrected chi connectivity index (χ3v) is 4.62. The van der Waals surface area contributed by atoms with E-state index in [4.69, 9.17) is 17.0 Å². The summed E-state index contributed by atoms with van der Waals surface area (Å²) in [5.74, 6) is 0.533. The summed E-state index contributed by atoms with van der Waals surface area (Å²) in [6.07, 6.45) is 7.01. The van der Waals surface area contributed by atoms with Gasteiger partial charge in [0, 0.05) is 18.7 Å². The van der Waals surface area contributed by atoms with Crippen molar-refractivity contribution in [2.45, 2.75) is 51.5 Å². The topological polar surface area (TPSA) is 41.6 Å². The molecule has 0 spiro atoms. The van der Waals surface area contributed by atoms with E-state index in [1.165, 1.54) is 19.3 Å². The molecule has 0 heterocycles. The van der Waals surface area contributed by atoms with Gasteiger partial charge in [0.05, 0.1) is 6.61 Å². The Morgan fingerprint density at radius 1 is 1.35 bits per heavy atom. The molecular formula is C18H26N2O2S. The SMILES string of the molecule is CCCOc1cccc(C(=O)NC(=S)N(C)C2CCCCC2)c1. The number of hydrogen-bond donors (Lipinski definition) is 1. The number of hydrogen-bond acceptors (Lipinski definition) is 3. The van der Waals surface area contributed by atoms with Crippen molar-refractivity contribution in [1.29, 1.82) is 0 Å². The Hall–Kier alpha value is -1.62. The maximum Gasteiger partial charge on any atom is 0.257 e. The van der Waals surface area contributed by atoms with Crippen LogP contribution in [0.5, 0.6) is 5.75 Å². The lowest BCUT2D eigenvalue weighted by Gasteiger charge is -2.32. The highest BCUT2D eigenvalue weighted by atomic mass is 32.1. The summed E-state index contributed by atoms with van der Waals surface area (Å²) < 4.78 is 5.57. The lowest BCUT2D eigenvalue weighted by molar-refractivity contribution is 0.0971. The average molecular weight is 334 g/mol. The largest absolute Gasteiger partial charge is 0.494 e. The molecule has 126 valence electrons. The van der Waals surface area contributed by atoms with Crippen LogP contribution in [-0.4, -0.2) is 35.6 Å². The molecule has 0 aromatic heterocycles. The molecule has 0 atom stereocenters. The average Bonchev–Trinajstić information content (AvgIpc) is 2.60. The van der Waals surface area contributed by atoms with Gasteiger partial charge in [-0.3, -0.25) is 10.1 Å². The van der Waals surface area contributed by atoms with E-state index in [9.17, 15) is 4.79 Å². The van der Waals surface area contributed by atoms with E-state index in [0.717, 1.165) is 19.3 Å². The van der Waals surface area contributed by atoms with Crippen LogP contribution >= 0.6 is 12.2 Å². The first-order valence-corrected chi connectivity index (χ1v) is 8.83. The Kier molecular flexibility index (Phi) is 6.84. The van der Waals surface area contributed by atoms with Gasteiger partial charge >= 0.3 is 0 Å². The molecule has 1 N–H and O–H groups in total. The van der Waals surface area contributed by atoms with Gasteiger partial charge in [-0.1, -0.05) is 32.3 Å². The fourth-order valence-electron chi connectivity index (χ4n) is 2.84. The number of nitrogens with zero attached hydrogens (tertiary/aromatic N) is 1. The Bertz CT molecular complexity index is 542. The minimum atomic E-state index is -0.181. The van der Waals surface area contributed by atoms with Gasteiger partial charge in [0.25, 0.3) is 5.91 Å². The van der Waals surface area contributed by atoms with Crippen molar-refractivity contribution in [3.63, 3.8) is 0 Å². The van der Waals surface area contributed by atoms with E-state index in [-0.39, 0.29) is 5.91 Å². The molecule has 2 rings (SSSR count). The Balaban J connectivity index is 1.93. The molecule has 1 aliphatic rings. The number of thiocarbonyl (C=S) groups is 1. The van der Waals surface area contributed by atoms with Crippen molar-refractivity contribution in [2.24, 2.45) is 0 Å². The van der Waals surface area contributed by atoms with E-state index in [2.05, 4.69) is 12.2 Å². The van der Waals surface area contributed by atoms with Crippen LogP contribution in [0.3, 0.4) is 0 Å². The number of nitrogens with one attached hydrogen (secondary N) is 1. The van der Waals surface area contributed by atoms with E-state index < -0.39 is 0 Å². The van der Waals surface area contributed by atoms with Gasteiger partial charge in [-0.25, -0.2) is 0 Å². The van der Waals surface area contributed by atoms with Gasteiger partial charge < -0.3 is 9.64 Å². The van der Waals surface area contributed by atoms with E-state index in [1.54, 1.807) is 12.1 Å². The Morgan fingerprint density at radius 2 is 2.09 bits per heavy atom. The molecule has 1 saturated carbocycles. The standard InChI is InChI=1S/C18H26N2O2S/c1-3-12-22-16-11-7-8-14(13-16)17(21)19-18(23)20(2)15-9-5-4-6-10-15/h7-8,11,13,15H,3-6,9-10,12H2,1-2H3,(H,19,21,23). The summed E-state index contributed by atoms with van der Waals surface area (Å²) in [4.78, 5) is 14.4. The fourth-order valence-corrected chi connectivity index (χ4v) is 3.08. The van der Waals surface area contributed by atoms with Gasteiger partial charge in [-0.05, 0) is 49.7 Å². The summed E-state index contributed by atoms with van der Waals surface area (Å²) in [6.45, 7) is 2.70. The summed E-state index contributed by atoms with van der Waals surface area (Å²) in [6, 6.07) is 7.66. The normalized spacial score (nSPS) is 15.0. The molecule has 4 nitrogen and oxygen atoms in total. The van der Waals surface area contributed by atoms with Gasteiger partial charge in [0.1, 0.15) is 5.75 Å². The molecule has 1 fully saturated rings. The first kappa shape index (κ1) is 17.7. The zero-order chi connectivity index (χ0) is 16.7. The molecule has 1 aromatic carbocycles. The van der Waals surface area contributed by atoms with Crippen LogP contribution < -0.4 is 10.1 Å². The fraction of sp³-hybridized carbons (Fsp3) is 0.556. The number of benzene rings is 1. The lowest BCUT2D eigenvalue weighted by atomic mass is 9.95. The second-order valence-corrected chi connectivity index (χ2v) is 6.43. The second-order valence-electron chi connectivity index (χ2n) is 6.04. The summed E-state index contributed by atoms with van der Waals surface area (Å²) in [7, 11) is 1.97.